The maximum atomic E-state index is 12.4. The summed E-state index contributed by atoms with van der Waals surface area (Å²) in [6.45, 7) is 0. The number of carbonyl (C=O) groups is 1. The van der Waals surface area contributed by atoms with Gasteiger partial charge in [0.05, 0.1) is 15.7 Å². The minimum Gasteiger partial charge on any atom is -0.453 e. The molecule has 0 aliphatic carbocycles. The van der Waals surface area contributed by atoms with E-state index in [4.69, 9.17) is 33.4 Å². The third kappa shape index (κ3) is 2.15. The lowest BCUT2D eigenvalue weighted by atomic mass is 10.1. The van der Waals surface area contributed by atoms with E-state index in [0.717, 1.165) is 5.39 Å². The van der Waals surface area contributed by atoms with Gasteiger partial charge in [-0.2, -0.15) is 0 Å². The van der Waals surface area contributed by atoms with E-state index in [1.807, 2.05) is 18.2 Å². The summed E-state index contributed by atoms with van der Waals surface area (Å²) in [4.78, 5) is 12.4. The van der Waals surface area contributed by atoms with E-state index in [-0.39, 0.29) is 27.3 Å². The molecule has 1 heterocycles. The van der Waals surface area contributed by atoms with Gasteiger partial charge in [-0.15, -0.1) is 0 Å². The van der Waals surface area contributed by atoms with Crippen LogP contribution in [0.1, 0.15) is 16.1 Å². The van der Waals surface area contributed by atoms with Crippen LogP contribution in [0.3, 0.4) is 0 Å². The van der Waals surface area contributed by atoms with E-state index in [1.165, 1.54) is 12.1 Å². The van der Waals surface area contributed by atoms with Gasteiger partial charge in [-0.3, -0.25) is 4.79 Å². The fourth-order valence-electron chi connectivity index (χ4n) is 1.95. The average Bonchev–Trinajstić information content (AvgIpc) is 2.87. The molecule has 3 nitrogen and oxygen atoms in total. The van der Waals surface area contributed by atoms with Gasteiger partial charge in [-0.25, -0.2) is 0 Å². The second kappa shape index (κ2) is 4.85. The molecule has 0 amide bonds. The Kier molecular flexibility index (Phi) is 3.16. The van der Waals surface area contributed by atoms with Gasteiger partial charge in [-0.1, -0.05) is 41.4 Å². The Bertz CT molecular complexity index is 768. The molecule has 0 aliphatic heterocycles. The molecule has 0 spiro atoms. The number of hydrogen-bond donors (Lipinski definition) is 1. The number of para-hydroxylation sites is 1. The predicted molar refractivity (Wildman–Crippen MR) is 80.5 cm³/mol. The van der Waals surface area contributed by atoms with Crippen molar-refractivity contribution in [1.82, 2.24) is 0 Å². The van der Waals surface area contributed by atoms with Gasteiger partial charge < -0.3 is 10.2 Å². The van der Waals surface area contributed by atoms with E-state index >= 15 is 0 Å². The zero-order chi connectivity index (χ0) is 14.3. The molecule has 1 aromatic heterocycles. The second-order valence-electron chi connectivity index (χ2n) is 4.33. The first-order chi connectivity index (χ1) is 9.56. The molecule has 100 valence electrons. The van der Waals surface area contributed by atoms with Gasteiger partial charge in [0.15, 0.2) is 5.76 Å². The van der Waals surface area contributed by atoms with E-state index in [0.29, 0.717) is 11.1 Å². The SMILES string of the molecule is Nc1c(Cl)cc(C(=O)c2cc3ccccc3o2)cc1Cl. The van der Waals surface area contributed by atoms with Crippen LogP contribution in [0, 0.1) is 0 Å². The summed E-state index contributed by atoms with van der Waals surface area (Å²) in [7, 11) is 0. The molecular formula is C15H9Cl2NO2. The summed E-state index contributed by atoms with van der Waals surface area (Å²) in [5, 5.41) is 1.36. The van der Waals surface area contributed by atoms with E-state index in [1.54, 1.807) is 12.1 Å². The predicted octanol–water partition coefficient (Wildman–Crippen LogP) is 4.55. The molecule has 0 radical (unpaired) electrons. The van der Waals surface area contributed by atoms with Crippen molar-refractivity contribution < 1.29 is 9.21 Å². The standard InChI is InChI=1S/C15H9Cl2NO2/c16-10-5-9(6-11(17)14(10)18)15(19)13-7-8-3-1-2-4-12(8)20-13/h1-7H,18H2. The molecule has 0 saturated carbocycles. The van der Waals surface area contributed by atoms with Crippen LogP contribution in [0.4, 0.5) is 5.69 Å². The Labute approximate surface area is 124 Å². The van der Waals surface area contributed by atoms with Crippen LogP contribution in [-0.2, 0) is 0 Å². The molecule has 0 atom stereocenters. The van der Waals surface area contributed by atoms with Crippen LogP contribution in [0.5, 0.6) is 0 Å². The Morgan fingerprint density at radius 2 is 1.70 bits per heavy atom. The Morgan fingerprint density at radius 1 is 1.05 bits per heavy atom. The number of ketones is 1. The van der Waals surface area contributed by atoms with Crippen molar-refractivity contribution in [2.45, 2.75) is 0 Å². The molecule has 5 heteroatoms. The first-order valence-corrected chi connectivity index (χ1v) is 6.59. The normalized spacial score (nSPS) is 10.9. The van der Waals surface area contributed by atoms with Crippen LogP contribution in [0.25, 0.3) is 11.0 Å². The number of furan rings is 1. The van der Waals surface area contributed by atoms with Crippen molar-refractivity contribution in [3.63, 3.8) is 0 Å². The largest absolute Gasteiger partial charge is 0.453 e. The highest BCUT2D eigenvalue weighted by Crippen LogP contribution is 2.30. The number of hydrogen-bond acceptors (Lipinski definition) is 3. The van der Waals surface area contributed by atoms with Crippen LogP contribution < -0.4 is 5.73 Å². The van der Waals surface area contributed by atoms with Crippen LogP contribution >= 0.6 is 23.2 Å². The molecule has 0 aliphatic rings. The summed E-state index contributed by atoms with van der Waals surface area (Å²) in [6, 6.07) is 12.1. The van der Waals surface area contributed by atoms with E-state index < -0.39 is 0 Å². The first-order valence-electron chi connectivity index (χ1n) is 5.84. The van der Waals surface area contributed by atoms with Gasteiger partial charge in [-0.05, 0) is 24.3 Å². The third-order valence-electron chi connectivity index (χ3n) is 2.99. The Balaban J connectivity index is 2.08. The van der Waals surface area contributed by atoms with Crippen molar-refractivity contribution in [3.05, 3.63) is 63.8 Å². The molecule has 20 heavy (non-hydrogen) atoms. The molecule has 2 N–H and O–H groups in total. The lowest BCUT2D eigenvalue weighted by Crippen LogP contribution is -2.01. The lowest BCUT2D eigenvalue weighted by Gasteiger charge is -2.04. The number of benzene rings is 2. The summed E-state index contributed by atoms with van der Waals surface area (Å²) in [5.74, 6) is -0.0481. The monoisotopic (exact) mass is 305 g/mol. The lowest BCUT2D eigenvalue weighted by molar-refractivity contribution is 0.101. The van der Waals surface area contributed by atoms with Gasteiger partial charge in [0, 0.05) is 10.9 Å². The Morgan fingerprint density at radius 3 is 2.35 bits per heavy atom. The topological polar surface area (TPSA) is 56.2 Å². The highest BCUT2D eigenvalue weighted by Gasteiger charge is 2.17. The molecule has 0 fully saturated rings. The molecule has 2 aromatic carbocycles. The van der Waals surface area contributed by atoms with Crippen molar-refractivity contribution in [2.75, 3.05) is 5.73 Å². The molecular weight excluding hydrogens is 297 g/mol. The zero-order valence-corrected chi connectivity index (χ0v) is 11.7. The minimum absolute atomic E-state index is 0.239. The number of carbonyl (C=O) groups excluding carboxylic acids is 1. The van der Waals surface area contributed by atoms with Crippen molar-refractivity contribution in [1.29, 1.82) is 0 Å². The maximum Gasteiger partial charge on any atom is 0.228 e. The fourth-order valence-corrected chi connectivity index (χ4v) is 2.44. The van der Waals surface area contributed by atoms with Crippen LogP contribution in [0.2, 0.25) is 10.0 Å². The number of nitrogen functional groups attached to an aromatic ring is 1. The van der Waals surface area contributed by atoms with Gasteiger partial charge in [0.1, 0.15) is 5.58 Å². The number of rotatable bonds is 2. The van der Waals surface area contributed by atoms with Gasteiger partial charge >= 0.3 is 0 Å². The van der Waals surface area contributed by atoms with Crippen LogP contribution in [-0.4, -0.2) is 5.78 Å². The summed E-state index contributed by atoms with van der Waals surface area (Å²) in [5.41, 5.74) is 6.91. The molecule has 3 aromatic rings. The molecule has 0 unspecified atom stereocenters. The summed E-state index contributed by atoms with van der Waals surface area (Å²) < 4.78 is 5.53. The van der Waals surface area contributed by atoms with Crippen LogP contribution in [0.15, 0.2) is 46.9 Å². The summed E-state index contributed by atoms with van der Waals surface area (Å²) in [6.07, 6.45) is 0. The highest BCUT2D eigenvalue weighted by atomic mass is 35.5. The van der Waals surface area contributed by atoms with Gasteiger partial charge in [0.2, 0.25) is 5.78 Å². The Hall–Kier alpha value is -1.97. The number of anilines is 1. The van der Waals surface area contributed by atoms with E-state index in [2.05, 4.69) is 0 Å². The molecule has 0 saturated heterocycles. The maximum absolute atomic E-state index is 12.4. The van der Waals surface area contributed by atoms with Crippen molar-refractivity contribution >= 4 is 45.6 Å². The zero-order valence-electron chi connectivity index (χ0n) is 10.2. The number of fused-ring (bicyclic) bond motifs is 1. The van der Waals surface area contributed by atoms with Gasteiger partial charge in [0.25, 0.3) is 0 Å². The van der Waals surface area contributed by atoms with E-state index in [9.17, 15) is 4.79 Å². The van der Waals surface area contributed by atoms with Crippen molar-refractivity contribution in [2.24, 2.45) is 0 Å². The third-order valence-corrected chi connectivity index (χ3v) is 3.62. The first kappa shape index (κ1) is 13.0. The number of nitrogens with two attached hydrogens (primary N) is 1. The summed E-state index contributed by atoms with van der Waals surface area (Å²) >= 11 is 11.9. The molecule has 0 bridgehead atoms. The highest BCUT2D eigenvalue weighted by molar-refractivity contribution is 6.39. The fraction of sp³-hybridized carbons (Fsp3) is 0. The molecule has 3 rings (SSSR count). The minimum atomic E-state index is -0.287. The number of halogens is 2. The quantitative estimate of drug-likeness (QED) is 0.558. The average molecular weight is 306 g/mol. The van der Waals surface area contributed by atoms with Crippen molar-refractivity contribution in [3.8, 4) is 0 Å². The smallest absolute Gasteiger partial charge is 0.228 e. The second-order valence-corrected chi connectivity index (χ2v) is 5.15.